The predicted octanol–water partition coefficient (Wildman–Crippen LogP) is 6.10. The van der Waals surface area contributed by atoms with Gasteiger partial charge in [0.15, 0.2) is 0 Å². The summed E-state index contributed by atoms with van der Waals surface area (Å²) in [5.74, 6) is -7.40. The Hall–Kier alpha value is -3.76. The fourth-order valence-corrected chi connectivity index (χ4v) is 3.88. The second-order valence-electron chi connectivity index (χ2n) is 8.78. The first-order valence-corrected chi connectivity index (χ1v) is 11.1. The summed E-state index contributed by atoms with van der Waals surface area (Å²) in [6, 6.07) is 1.40. The van der Waals surface area contributed by atoms with Crippen LogP contribution < -0.4 is 10.6 Å². The van der Waals surface area contributed by atoms with Crippen LogP contribution in [-0.2, 0) is 15.8 Å². The van der Waals surface area contributed by atoms with Crippen molar-refractivity contribution < 1.29 is 41.0 Å². The number of carbonyl (C=O) groups excluding carboxylic acids is 1. The zero-order chi connectivity index (χ0) is 28.2. The number of aryl methyl sites for hydroxylation is 1. The zero-order valence-corrected chi connectivity index (χ0v) is 20.5. The fourth-order valence-electron chi connectivity index (χ4n) is 3.88. The van der Waals surface area contributed by atoms with Gasteiger partial charge in [0.05, 0.1) is 16.8 Å². The van der Waals surface area contributed by atoms with Crippen LogP contribution in [0.25, 0.3) is 16.8 Å². The van der Waals surface area contributed by atoms with Crippen molar-refractivity contribution >= 4 is 17.6 Å². The number of carboxylic acid groups (broad SMARTS) is 1. The maximum Gasteiger partial charge on any atom is 0.419 e. The Morgan fingerprint density at radius 2 is 1.73 bits per heavy atom. The molecule has 0 aliphatic rings. The van der Waals surface area contributed by atoms with Crippen molar-refractivity contribution in [2.75, 3.05) is 0 Å². The lowest BCUT2D eigenvalue weighted by atomic mass is 9.90. The van der Waals surface area contributed by atoms with E-state index in [1.54, 1.807) is 13.8 Å². The van der Waals surface area contributed by atoms with Gasteiger partial charge in [-0.2, -0.15) is 13.2 Å². The Labute approximate surface area is 209 Å². The van der Waals surface area contributed by atoms with Crippen molar-refractivity contribution in [1.29, 1.82) is 0 Å². The van der Waals surface area contributed by atoms with E-state index in [2.05, 4.69) is 11.9 Å². The van der Waals surface area contributed by atoms with Crippen LogP contribution in [-0.4, -0.2) is 23.0 Å². The molecular weight excluding hydrogens is 502 g/mol. The minimum atomic E-state index is -5.33. The number of aliphatic carboxylic acids is 1. The minimum absolute atomic E-state index is 0.0670. The lowest BCUT2D eigenvalue weighted by Crippen LogP contribution is -2.42. The Bertz CT molecular complexity index is 1250. The molecule has 0 radical (unpaired) electrons. The van der Waals surface area contributed by atoms with Crippen molar-refractivity contribution in [1.82, 2.24) is 10.6 Å². The van der Waals surface area contributed by atoms with Crippen LogP contribution in [0.4, 0.5) is 26.3 Å². The molecule has 200 valence electrons. The van der Waals surface area contributed by atoms with Crippen molar-refractivity contribution in [2.45, 2.75) is 46.3 Å². The summed E-state index contributed by atoms with van der Waals surface area (Å²) in [6.45, 7) is 9.57. The van der Waals surface area contributed by atoms with Crippen LogP contribution in [0.15, 0.2) is 37.1 Å². The monoisotopic (exact) mass is 528 g/mol. The topological polar surface area (TPSA) is 78.4 Å². The van der Waals surface area contributed by atoms with Crippen molar-refractivity contribution in [3.63, 3.8) is 0 Å². The summed E-state index contributed by atoms with van der Waals surface area (Å²) >= 11 is 0. The molecule has 0 aliphatic heterocycles. The normalized spacial score (nSPS) is 12.9. The molecule has 5 nitrogen and oxygen atoms in total. The number of carbonyl (C=O) groups is 2. The van der Waals surface area contributed by atoms with Gasteiger partial charge in [-0.1, -0.05) is 26.5 Å². The summed E-state index contributed by atoms with van der Waals surface area (Å²) in [7, 11) is 0. The first-order valence-electron chi connectivity index (χ1n) is 11.1. The second kappa shape index (κ2) is 11.5. The Morgan fingerprint density at radius 1 is 1.11 bits per heavy atom. The molecule has 1 unspecified atom stereocenters. The van der Waals surface area contributed by atoms with Gasteiger partial charge in [0.25, 0.3) is 0 Å². The highest BCUT2D eigenvalue weighted by atomic mass is 19.4. The Kier molecular flexibility index (Phi) is 9.18. The standard InChI is InChI=1S/C26H26F6N2O3/c1-6-33-19(9-12(2)3)25(37)34-18(11-20(35)36)22-23(28)15(10-16(24(22)29)26(30,31)32)21-13(4)7-8-17(27)14(21)5/h6-8,10-12,19,33H,1,9H2,2-5H3,(H,34,37)(H,35,36)/b18-11+. The fraction of sp³-hybridized carbons (Fsp3) is 0.308. The van der Waals surface area contributed by atoms with E-state index in [-0.39, 0.29) is 41.2 Å². The molecule has 0 heterocycles. The number of benzene rings is 2. The van der Waals surface area contributed by atoms with Crippen LogP contribution in [0.5, 0.6) is 0 Å². The summed E-state index contributed by atoms with van der Waals surface area (Å²) < 4.78 is 86.8. The number of alkyl halides is 3. The number of halogens is 6. The molecule has 0 aliphatic carbocycles. The molecule has 0 fully saturated rings. The molecule has 3 N–H and O–H groups in total. The average Bonchev–Trinajstić information content (AvgIpc) is 2.76. The molecular formula is C26H26F6N2O3. The first kappa shape index (κ1) is 29.5. The number of hydrogen-bond acceptors (Lipinski definition) is 3. The third-order valence-corrected chi connectivity index (χ3v) is 5.52. The van der Waals surface area contributed by atoms with Gasteiger partial charge >= 0.3 is 12.1 Å². The van der Waals surface area contributed by atoms with E-state index in [4.69, 9.17) is 0 Å². The lowest BCUT2D eigenvalue weighted by molar-refractivity contribution is -0.140. The molecule has 2 rings (SSSR count). The molecule has 37 heavy (non-hydrogen) atoms. The summed E-state index contributed by atoms with van der Waals surface area (Å²) in [5.41, 5.74) is -5.50. The molecule has 11 heteroatoms. The molecule has 0 aromatic heterocycles. The number of rotatable bonds is 9. The quantitative estimate of drug-likeness (QED) is 0.272. The summed E-state index contributed by atoms with van der Waals surface area (Å²) in [6.07, 6.45) is -3.79. The van der Waals surface area contributed by atoms with Crippen LogP contribution in [0.3, 0.4) is 0 Å². The zero-order valence-electron chi connectivity index (χ0n) is 20.5. The number of amides is 1. The van der Waals surface area contributed by atoms with Crippen LogP contribution >= 0.6 is 0 Å². The van der Waals surface area contributed by atoms with Crippen LogP contribution in [0, 0.1) is 37.2 Å². The maximum atomic E-state index is 15.8. The summed E-state index contributed by atoms with van der Waals surface area (Å²) in [4.78, 5) is 24.3. The van der Waals surface area contributed by atoms with E-state index < -0.39 is 63.9 Å². The molecule has 1 atom stereocenters. The molecule has 1 amide bonds. The van der Waals surface area contributed by atoms with Crippen LogP contribution in [0.1, 0.15) is 42.5 Å². The first-order chi connectivity index (χ1) is 17.1. The van der Waals surface area contributed by atoms with E-state index in [1.165, 1.54) is 26.1 Å². The minimum Gasteiger partial charge on any atom is -0.478 e. The van der Waals surface area contributed by atoms with E-state index in [0.717, 1.165) is 6.07 Å². The Morgan fingerprint density at radius 3 is 2.24 bits per heavy atom. The highest BCUT2D eigenvalue weighted by Crippen LogP contribution is 2.41. The lowest BCUT2D eigenvalue weighted by Gasteiger charge is -2.22. The van der Waals surface area contributed by atoms with Gasteiger partial charge < -0.3 is 15.7 Å². The van der Waals surface area contributed by atoms with Crippen LogP contribution in [0.2, 0.25) is 0 Å². The smallest absolute Gasteiger partial charge is 0.419 e. The molecule has 0 spiro atoms. The van der Waals surface area contributed by atoms with Gasteiger partial charge in [0, 0.05) is 11.6 Å². The second-order valence-corrected chi connectivity index (χ2v) is 8.78. The molecule has 2 aromatic rings. The van der Waals surface area contributed by atoms with Crippen molar-refractivity contribution in [2.24, 2.45) is 5.92 Å². The number of hydrogen-bond donors (Lipinski definition) is 3. The van der Waals surface area contributed by atoms with Gasteiger partial charge in [-0.3, -0.25) is 4.79 Å². The van der Waals surface area contributed by atoms with Gasteiger partial charge in [-0.05, 0) is 61.2 Å². The highest BCUT2D eigenvalue weighted by molar-refractivity contribution is 5.97. The van der Waals surface area contributed by atoms with Gasteiger partial charge in [-0.15, -0.1) is 0 Å². The largest absolute Gasteiger partial charge is 0.478 e. The maximum absolute atomic E-state index is 15.8. The molecule has 2 aromatic carbocycles. The van der Waals surface area contributed by atoms with E-state index in [0.29, 0.717) is 0 Å². The average molecular weight is 528 g/mol. The van der Waals surface area contributed by atoms with Crippen molar-refractivity contribution in [3.05, 3.63) is 76.8 Å². The van der Waals surface area contributed by atoms with E-state index >= 15 is 8.78 Å². The number of nitrogens with one attached hydrogen (secondary N) is 2. The third kappa shape index (κ3) is 6.72. The third-order valence-electron chi connectivity index (χ3n) is 5.52. The summed E-state index contributed by atoms with van der Waals surface area (Å²) in [5, 5.41) is 14.0. The van der Waals surface area contributed by atoms with Gasteiger partial charge in [-0.25, -0.2) is 18.0 Å². The SMILES string of the molecule is C=CNC(CC(C)C)C(=O)N/C(=C/C(=O)O)c1c(F)c(-c2c(C)ccc(F)c2C)cc(C(F)(F)F)c1F. The van der Waals surface area contributed by atoms with E-state index in [1.807, 2.05) is 5.32 Å². The predicted molar refractivity (Wildman–Crippen MR) is 127 cm³/mol. The highest BCUT2D eigenvalue weighted by Gasteiger charge is 2.39. The molecule has 0 saturated carbocycles. The Balaban J connectivity index is 2.89. The molecule has 0 saturated heterocycles. The number of carboxylic acids is 1. The van der Waals surface area contributed by atoms with Gasteiger partial charge in [0.1, 0.15) is 23.5 Å². The molecule has 0 bridgehead atoms. The van der Waals surface area contributed by atoms with Crippen molar-refractivity contribution in [3.8, 4) is 11.1 Å². The van der Waals surface area contributed by atoms with Gasteiger partial charge in [0.2, 0.25) is 5.91 Å². The van der Waals surface area contributed by atoms with E-state index in [9.17, 15) is 32.3 Å².